The van der Waals surface area contributed by atoms with Gasteiger partial charge in [0.05, 0.1) is 13.2 Å². The molecule has 6 nitrogen and oxygen atoms in total. The van der Waals surface area contributed by atoms with Crippen molar-refractivity contribution in [2.24, 2.45) is 0 Å². The Kier molecular flexibility index (Phi) is 4.60. The lowest BCUT2D eigenvalue weighted by Crippen LogP contribution is -2.40. The number of carbonyl (C=O) groups is 2. The molecule has 0 saturated carbocycles. The highest BCUT2D eigenvalue weighted by Gasteiger charge is 2.27. The number of amides is 2. The largest absolute Gasteiger partial charge is 0.449 e. The molecule has 4 rings (SSSR count). The van der Waals surface area contributed by atoms with Crippen molar-refractivity contribution in [1.29, 1.82) is 0 Å². The summed E-state index contributed by atoms with van der Waals surface area (Å²) in [6.07, 6.45) is 0. The van der Waals surface area contributed by atoms with E-state index in [4.69, 9.17) is 9.15 Å². The molecule has 2 amide bonds. The summed E-state index contributed by atoms with van der Waals surface area (Å²) in [5, 5.41) is 3.33. The molecule has 7 heteroatoms. The van der Waals surface area contributed by atoms with Crippen LogP contribution >= 0.6 is 0 Å². The summed E-state index contributed by atoms with van der Waals surface area (Å²) >= 11 is 0. The zero-order chi connectivity index (χ0) is 18.8. The van der Waals surface area contributed by atoms with Crippen LogP contribution in [0.3, 0.4) is 0 Å². The molecule has 0 radical (unpaired) electrons. The number of ether oxygens (including phenoxy) is 1. The Morgan fingerprint density at radius 3 is 2.59 bits per heavy atom. The van der Waals surface area contributed by atoms with Crippen molar-refractivity contribution in [3.05, 3.63) is 65.7 Å². The summed E-state index contributed by atoms with van der Waals surface area (Å²) < 4.78 is 24.5. The predicted molar refractivity (Wildman–Crippen MR) is 97.3 cm³/mol. The van der Waals surface area contributed by atoms with E-state index in [0.29, 0.717) is 37.3 Å². The van der Waals surface area contributed by atoms with E-state index in [9.17, 15) is 14.0 Å². The van der Waals surface area contributed by atoms with E-state index in [0.717, 1.165) is 6.07 Å². The lowest BCUT2D eigenvalue weighted by molar-refractivity contribution is 0.0285. The molecule has 138 valence electrons. The Labute approximate surface area is 154 Å². The van der Waals surface area contributed by atoms with Gasteiger partial charge in [0.2, 0.25) is 5.76 Å². The van der Waals surface area contributed by atoms with Crippen LogP contribution in [0.5, 0.6) is 0 Å². The zero-order valence-electron chi connectivity index (χ0n) is 14.4. The second-order valence-electron chi connectivity index (χ2n) is 6.17. The van der Waals surface area contributed by atoms with Gasteiger partial charge in [0.25, 0.3) is 11.8 Å². The van der Waals surface area contributed by atoms with Crippen LogP contribution in [0.4, 0.5) is 10.1 Å². The molecule has 1 aromatic heterocycles. The van der Waals surface area contributed by atoms with Crippen LogP contribution in [0.15, 0.2) is 52.9 Å². The molecule has 27 heavy (non-hydrogen) atoms. The van der Waals surface area contributed by atoms with Crippen LogP contribution in [-0.2, 0) is 4.74 Å². The predicted octanol–water partition coefficient (Wildman–Crippen LogP) is 3.30. The molecule has 0 unspecified atom stereocenters. The van der Waals surface area contributed by atoms with Gasteiger partial charge in [-0.2, -0.15) is 0 Å². The number of nitrogens with zero attached hydrogens (tertiary/aromatic N) is 1. The van der Waals surface area contributed by atoms with E-state index in [1.807, 2.05) is 0 Å². The second kappa shape index (κ2) is 7.20. The fourth-order valence-electron chi connectivity index (χ4n) is 3.05. The van der Waals surface area contributed by atoms with Crippen molar-refractivity contribution in [2.75, 3.05) is 31.6 Å². The Bertz CT molecular complexity index is 1010. The number of rotatable bonds is 3. The minimum atomic E-state index is -0.517. The number of morpholine rings is 1. The third-order valence-corrected chi connectivity index (χ3v) is 4.41. The summed E-state index contributed by atoms with van der Waals surface area (Å²) in [4.78, 5) is 27.1. The van der Waals surface area contributed by atoms with Crippen molar-refractivity contribution in [2.45, 2.75) is 0 Å². The van der Waals surface area contributed by atoms with Gasteiger partial charge in [0.1, 0.15) is 17.1 Å². The SMILES string of the molecule is O=C(Nc1c(C(=O)N2CCOCC2)oc2ccccc12)c1cccc(F)c1. The average Bonchev–Trinajstić information content (AvgIpc) is 3.06. The molecule has 1 fully saturated rings. The Balaban J connectivity index is 1.72. The minimum absolute atomic E-state index is 0.0582. The maximum Gasteiger partial charge on any atom is 0.291 e. The number of nitrogens with one attached hydrogen (secondary N) is 1. The van der Waals surface area contributed by atoms with Gasteiger partial charge < -0.3 is 19.4 Å². The maximum absolute atomic E-state index is 13.4. The van der Waals surface area contributed by atoms with Gasteiger partial charge in [-0.1, -0.05) is 18.2 Å². The molecular weight excluding hydrogens is 351 g/mol. The van der Waals surface area contributed by atoms with Crippen molar-refractivity contribution in [3.8, 4) is 0 Å². The molecule has 1 aliphatic rings. The van der Waals surface area contributed by atoms with Crippen molar-refractivity contribution in [1.82, 2.24) is 4.90 Å². The second-order valence-corrected chi connectivity index (χ2v) is 6.17. The number of hydrogen-bond donors (Lipinski definition) is 1. The molecule has 0 bridgehead atoms. The first kappa shape index (κ1) is 17.2. The monoisotopic (exact) mass is 368 g/mol. The van der Waals surface area contributed by atoms with E-state index < -0.39 is 11.7 Å². The molecule has 0 aliphatic carbocycles. The van der Waals surface area contributed by atoms with Crippen LogP contribution in [0.25, 0.3) is 11.0 Å². The number of halogens is 1. The van der Waals surface area contributed by atoms with Crippen LogP contribution in [-0.4, -0.2) is 43.0 Å². The summed E-state index contributed by atoms with van der Waals surface area (Å²) in [5.41, 5.74) is 0.935. The van der Waals surface area contributed by atoms with E-state index in [2.05, 4.69) is 5.32 Å². The van der Waals surface area contributed by atoms with E-state index in [1.165, 1.54) is 18.2 Å². The fraction of sp³-hybridized carbons (Fsp3) is 0.200. The highest BCUT2D eigenvalue weighted by molar-refractivity contribution is 6.14. The molecule has 1 saturated heterocycles. The van der Waals surface area contributed by atoms with Crippen LogP contribution in [0, 0.1) is 5.82 Å². The van der Waals surface area contributed by atoms with E-state index >= 15 is 0 Å². The van der Waals surface area contributed by atoms with Crippen molar-refractivity contribution in [3.63, 3.8) is 0 Å². The van der Waals surface area contributed by atoms with Gasteiger partial charge in [0.15, 0.2) is 0 Å². The van der Waals surface area contributed by atoms with E-state index in [1.54, 1.807) is 29.2 Å². The number of carbonyl (C=O) groups excluding carboxylic acids is 2. The molecule has 1 N–H and O–H groups in total. The number of benzene rings is 2. The first-order chi connectivity index (χ1) is 13.1. The Morgan fingerprint density at radius 1 is 1.04 bits per heavy atom. The molecule has 2 heterocycles. The van der Waals surface area contributed by atoms with E-state index in [-0.39, 0.29) is 22.9 Å². The van der Waals surface area contributed by atoms with Gasteiger partial charge in [-0.25, -0.2) is 4.39 Å². The standard InChI is InChI=1S/C20H17FN2O4/c21-14-5-3-4-13(12-14)19(24)22-17-15-6-1-2-7-16(15)27-18(17)20(25)23-8-10-26-11-9-23/h1-7,12H,8-11H2,(H,22,24). The van der Waals surface area contributed by atoms with Gasteiger partial charge in [-0.05, 0) is 30.3 Å². The normalized spacial score (nSPS) is 14.3. The third-order valence-electron chi connectivity index (χ3n) is 4.41. The first-order valence-electron chi connectivity index (χ1n) is 8.59. The van der Waals surface area contributed by atoms with Crippen molar-refractivity contribution >= 4 is 28.5 Å². The fourth-order valence-corrected chi connectivity index (χ4v) is 3.05. The quantitative estimate of drug-likeness (QED) is 0.770. The maximum atomic E-state index is 13.4. The molecular formula is C20H17FN2O4. The number of anilines is 1. The molecule has 2 aromatic carbocycles. The van der Waals surface area contributed by atoms with Gasteiger partial charge in [-0.15, -0.1) is 0 Å². The molecule has 0 spiro atoms. The van der Waals surface area contributed by atoms with Gasteiger partial charge in [0, 0.05) is 24.0 Å². The number of hydrogen-bond acceptors (Lipinski definition) is 4. The molecule has 3 aromatic rings. The lowest BCUT2D eigenvalue weighted by Gasteiger charge is -2.26. The number of furan rings is 1. The summed E-state index contributed by atoms with van der Waals surface area (Å²) in [6.45, 7) is 1.81. The van der Waals surface area contributed by atoms with Crippen molar-refractivity contribution < 1.29 is 23.1 Å². The topological polar surface area (TPSA) is 71.8 Å². The van der Waals surface area contributed by atoms with Gasteiger partial charge >= 0.3 is 0 Å². The van der Waals surface area contributed by atoms with Crippen LogP contribution < -0.4 is 5.32 Å². The Morgan fingerprint density at radius 2 is 1.81 bits per heavy atom. The zero-order valence-corrected chi connectivity index (χ0v) is 14.4. The highest BCUT2D eigenvalue weighted by Crippen LogP contribution is 2.32. The summed E-state index contributed by atoms with van der Waals surface area (Å²) in [7, 11) is 0. The summed E-state index contributed by atoms with van der Waals surface area (Å²) in [6, 6.07) is 12.4. The minimum Gasteiger partial charge on any atom is -0.449 e. The third kappa shape index (κ3) is 3.41. The Hall–Kier alpha value is -3.19. The smallest absolute Gasteiger partial charge is 0.291 e. The molecule has 0 atom stereocenters. The van der Waals surface area contributed by atoms with Crippen LogP contribution in [0.1, 0.15) is 20.9 Å². The average molecular weight is 368 g/mol. The number of fused-ring (bicyclic) bond motifs is 1. The highest BCUT2D eigenvalue weighted by atomic mass is 19.1. The molecule has 1 aliphatic heterocycles. The summed E-state index contributed by atoms with van der Waals surface area (Å²) in [5.74, 6) is -1.28. The number of para-hydroxylation sites is 1. The van der Waals surface area contributed by atoms with Gasteiger partial charge in [-0.3, -0.25) is 9.59 Å². The lowest BCUT2D eigenvalue weighted by atomic mass is 10.1. The van der Waals surface area contributed by atoms with Crippen LogP contribution in [0.2, 0.25) is 0 Å². The first-order valence-corrected chi connectivity index (χ1v) is 8.59.